The van der Waals surface area contributed by atoms with Crippen molar-refractivity contribution in [1.82, 2.24) is 4.90 Å². The molecule has 0 spiro atoms. The molecule has 0 aliphatic carbocycles. The van der Waals surface area contributed by atoms with Gasteiger partial charge in [0.2, 0.25) is 0 Å². The number of ketones is 1. The first-order valence-electron chi connectivity index (χ1n) is 6.60. The molecule has 0 aromatic rings. The highest BCUT2D eigenvalue weighted by molar-refractivity contribution is 5.96. The van der Waals surface area contributed by atoms with Crippen LogP contribution in [0.15, 0.2) is 0 Å². The van der Waals surface area contributed by atoms with Crippen LogP contribution in [-0.2, 0) is 14.3 Å². The van der Waals surface area contributed by atoms with Gasteiger partial charge in [0.15, 0.2) is 5.78 Å². The highest BCUT2D eigenvalue weighted by Crippen LogP contribution is 2.20. The van der Waals surface area contributed by atoms with Crippen LogP contribution in [-0.4, -0.2) is 54.1 Å². The van der Waals surface area contributed by atoms with E-state index >= 15 is 0 Å². The molecular weight excluding hydrogens is 234 g/mol. The van der Waals surface area contributed by atoms with Crippen molar-refractivity contribution in [2.75, 3.05) is 26.2 Å². The number of aliphatic hydroxyl groups is 1. The molecule has 0 aromatic carbocycles. The Labute approximate surface area is 108 Å². The van der Waals surface area contributed by atoms with Crippen molar-refractivity contribution < 1.29 is 19.4 Å². The van der Waals surface area contributed by atoms with Crippen molar-refractivity contribution in [3.63, 3.8) is 0 Å². The molecule has 1 fully saturated rings. The highest BCUT2D eigenvalue weighted by Gasteiger charge is 2.24. The van der Waals surface area contributed by atoms with E-state index in [2.05, 4.69) is 0 Å². The lowest BCUT2D eigenvalue weighted by Gasteiger charge is -2.32. The van der Waals surface area contributed by atoms with Crippen molar-refractivity contribution >= 4 is 11.8 Å². The third-order valence-electron chi connectivity index (χ3n) is 3.36. The minimum Gasteiger partial charge on any atom is -0.466 e. The van der Waals surface area contributed by atoms with Crippen molar-refractivity contribution in [2.45, 2.75) is 39.2 Å². The van der Waals surface area contributed by atoms with Gasteiger partial charge in [-0.05, 0) is 45.7 Å². The maximum absolute atomic E-state index is 11.6. The number of aliphatic hydroxyl groups excluding tert-OH is 1. The quantitative estimate of drug-likeness (QED) is 0.557. The van der Waals surface area contributed by atoms with E-state index in [9.17, 15) is 14.7 Å². The molecule has 0 saturated carbocycles. The van der Waals surface area contributed by atoms with Crippen LogP contribution < -0.4 is 0 Å². The van der Waals surface area contributed by atoms with E-state index in [1.165, 1.54) is 0 Å². The molecule has 104 valence electrons. The molecule has 1 heterocycles. The number of carbonyl (C=O) groups excluding carboxylic acids is 2. The van der Waals surface area contributed by atoms with Gasteiger partial charge in [-0.1, -0.05) is 0 Å². The van der Waals surface area contributed by atoms with E-state index < -0.39 is 5.97 Å². The van der Waals surface area contributed by atoms with Crippen molar-refractivity contribution in [2.24, 2.45) is 5.92 Å². The summed E-state index contributed by atoms with van der Waals surface area (Å²) < 4.78 is 4.74. The van der Waals surface area contributed by atoms with Crippen LogP contribution in [0.4, 0.5) is 0 Å². The molecule has 0 radical (unpaired) electrons. The normalized spacial score (nSPS) is 19.5. The zero-order valence-corrected chi connectivity index (χ0v) is 11.2. The topological polar surface area (TPSA) is 66.8 Å². The minimum atomic E-state index is -0.443. The fraction of sp³-hybridized carbons (Fsp3) is 0.846. The van der Waals surface area contributed by atoms with Crippen LogP contribution >= 0.6 is 0 Å². The molecule has 0 amide bonds. The Balaban J connectivity index is 2.24. The second-order valence-corrected chi connectivity index (χ2v) is 4.87. The van der Waals surface area contributed by atoms with Crippen molar-refractivity contribution in [3.05, 3.63) is 0 Å². The fourth-order valence-corrected chi connectivity index (χ4v) is 2.27. The highest BCUT2D eigenvalue weighted by atomic mass is 16.5. The first-order valence-corrected chi connectivity index (χ1v) is 6.60. The summed E-state index contributed by atoms with van der Waals surface area (Å²) in [6.07, 6.45) is 1.40. The van der Waals surface area contributed by atoms with Crippen LogP contribution in [0.1, 0.15) is 33.1 Å². The zero-order chi connectivity index (χ0) is 13.5. The standard InChI is InChI=1S/C13H23NO4/c1-3-18-13(17)8-12(16)9-14-6-4-11(5-7-14)10(2)15/h10-11,15H,3-9H2,1-2H3. The largest absolute Gasteiger partial charge is 0.466 e. The van der Waals surface area contributed by atoms with Gasteiger partial charge in [-0.3, -0.25) is 14.5 Å². The van der Waals surface area contributed by atoms with Gasteiger partial charge >= 0.3 is 5.97 Å². The zero-order valence-electron chi connectivity index (χ0n) is 11.2. The van der Waals surface area contributed by atoms with E-state index in [1.54, 1.807) is 6.92 Å². The molecule has 1 saturated heterocycles. The van der Waals surface area contributed by atoms with Gasteiger partial charge < -0.3 is 9.84 Å². The maximum atomic E-state index is 11.6. The Kier molecular flexibility index (Phi) is 6.29. The van der Waals surface area contributed by atoms with E-state index in [1.807, 2.05) is 11.8 Å². The summed E-state index contributed by atoms with van der Waals surface area (Å²) in [7, 11) is 0. The second-order valence-electron chi connectivity index (χ2n) is 4.87. The Hall–Kier alpha value is -0.940. The van der Waals surface area contributed by atoms with E-state index in [0.717, 1.165) is 25.9 Å². The summed E-state index contributed by atoms with van der Waals surface area (Å²) in [6.45, 7) is 5.78. The van der Waals surface area contributed by atoms with E-state index in [-0.39, 0.29) is 18.3 Å². The number of Topliss-reactive ketones (excluding diaryl/α,β-unsaturated/α-hetero) is 1. The summed E-state index contributed by atoms with van der Waals surface area (Å²) in [4.78, 5) is 24.8. The third-order valence-corrected chi connectivity index (χ3v) is 3.36. The number of nitrogens with zero attached hydrogens (tertiary/aromatic N) is 1. The summed E-state index contributed by atoms with van der Waals surface area (Å²) in [5.41, 5.74) is 0. The Bertz CT molecular complexity index is 283. The number of carbonyl (C=O) groups is 2. The molecule has 5 nitrogen and oxygen atoms in total. The lowest BCUT2D eigenvalue weighted by atomic mass is 9.92. The minimum absolute atomic E-state index is 0.0936. The molecule has 1 aliphatic rings. The number of hydrogen-bond donors (Lipinski definition) is 1. The predicted octanol–water partition coefficient (Wildman–Crippen LogP) is 0.602. The van der Waals surface area contributed by atoms with E-state index in [0.29, 0.717) is 19.1 Å². The van der Waals surface area contributed by atoms with E-state index in [4.69, 9.17) is 4.74 Å². The van der Waals surface area contributed by atoms with Gasteiger partial charge in [-0.2, -0.15) is 0 Å². The number of esters is 1. The first kappa shape index (κ1) is 15.1. The van der Waals surface area contributed by atoms with Crippen molar-refractivity contribution in [3.8, 4) is 0 Å². The lowest BCUT2D eigenvalue weighted by molar-refractivity contribution is -0.145. The molecular formula is C13H23NO4. The summed E-state index contributed by atoms with van der Waals surface area (Å²) in [6, 6.07) is 0. The number of ether oxygens (including phenoxy) is 1. The van der Waals surface area contributed by atoms with Gasteiger partial charge in [0.25, 0.3) is 0 Å². The average Bonchev–Trinajstić information content (AvgIpc) is 2.29. The number of likely N-dealkylation sites (tertiary alicyclic amines) is 1. The Morgan fingerprint density at radius 1 is 1.39 bits per heavy atom. The third kappa shape index (κ3) is 5.14. The molecule has 1 atom stereocenters. The Morgan fingerprint density at radius 3 is 2.50 bits per heavy atom. The van der Waals surface area contributed by atoms with Crippen LogP contribution in [0.3, 0.4) is 0 Å². The first-order chi connectivity index (χ1) is 8.52. The number of hydrogen-bond acceptors (Lipinski definition) is 5. The van der Waals surface area contributed by atoms with Gasteiger partial charge in [-0.25, -0.2) is 0 Å². The smallest absolute Gasteiger partial charge is 0.313 e. The molecule has 1 N–H and O–H groups in total. The van der Waals surface area contributed by atoms with Crippen LogP contribution in [0.2, 0.25) is 0 Å². The molecule has 5 heteroatoms. The fourth-order valence-electron chi connectivity index (χ4n) is 2.27. The van der Waals surface area contributed by atoms with Gasteiger partial charge in [0.05, 0.1) is 19.3 Å². The molecule has 1 aliphatic heterocycles. The maximum Gasteiger partial charge on any atom is 0.313 e. The van der Waals surface area contributed by atoms with Crippen LogP contribution in [0.25, 0.3) is 0 Å². The SMILES string of the molecule is CCOC(=O)CC(=O)CN1CCC(C(C)O)CC1. The molecule has 1 unspecified atom stereocenters. The molecule has 0 aromatic heterocycles. The van der Waals surface area contributed by atoms with Gasteiger partial charge in [0, 0.05) is 0 Å². The number of rotatable bonds is 6. The second kappa shape index (κ2) is 7.48. The summed E-state index contributed by atoms with van der Waals surface area (Å²) >= 11 is 0. The predicted molar refractivity (Wildman–Crippen MR) is 67.1 cm³/mol. The van der Waals surface area contributed by atoms with Gasteiger partial charge in [-0.15, -0.1) is 0 Å². The molecule has 18 heavy (non-hydrogen) atoms. The summed E-state index contributed by atoms with van der Waals surface area (Å²) in [5, 5.41) is 9.48. The summed E-state index contributed by atoms with van der Waals surface area (Å²) in [5.74, 6) is -0.202. The number of piperidine rings is 1. The van der Waals surface area contributed by atoms with Crippen molar-refractivity contribution in [1.29, 1.82) is 0 Å². The van der Waals surface area contributed by atoms with Crippen LogP contribution in [0.5, 0.6) is 0 Å². The van der Waals surface area contributed by atoms with Crippen LogP contribution in [0, 0.1) is 5.92 Å². The Morgan fingerprint density at radius 2 is 2.00 bits per heavy atom. The average molecular weight is 257 g/mol. The molecule has 1 rings (SSSR count). The monoisotopic (exact) mass is 257 g/mol. The lowest BCUT2D eigenvalue weighted by Crippen LogP contribution is -2.40. The molecule has 0 bridgehead atoms. The van der Waals surface area contributed by atoms with Gasteiger partial charge in [0.1, 0.15) is 6.42 Å².